The standard InChI is InChI=1S/C16H16N2O5/c1-3-22-16(20)23-15-11(8-21-2)14-10-6-9(19)4-5-12(10)18-13(14)7-17-15/h4-7,18-19H,3,8H2,1-2H3. The van der Waals surface area contributed by atoms with Gasteiger partial charge in [0.05, 0.1) is 30.5 Å². The molecule has 23 heavy (non-hydrogen) atoms. The molecule has 3 rings (SSSR count). The van der Waals surface area contributed by atoms with E-state index >= 15 is 0 Å². The number of nitrogens with one attached hydrogen (secondary N) is 1. The summed E-state index contributed by atoms with van der Waals surface area (Å²) in [5.74, 6) is 0.272. The van der Waals surface area contributed by atoms with Crippen LogP contribution in [-0.4, -0.2) is 34.9 Å². The van der Waals surface area contributed by atoms with Crippen LogP contribution >= 0.6 is 0 Å². The monoisotopic (exact) mass is 316 g/mol. The van der Waals surface area contributed by atoms with Gasteiger partial charge in [0, 0.05) is 23.4 Å². The average molecular weight is 316 g/mol. The van der Waals surface area contributed by atoms with Gasteiger partial charge < -0.3 is 24.3 Å². The normalized spacial score (nSPS) is 11.0. The Bertz CT molecular complexity index is 872. The largest absolute Gasteiger partial charge is 0.515 e. The molecule has 7 heteroatoms. The van der Waals surface area contributed by atoms with Crippen molar-refractivity contribution in [2.75, 3.05) is 13.7 Å². The summed E-state index contributed by atoms with van der Waals surface area (Å²) in [6.07, 6.45) is 0.750. The third kappa shape index (κ3) is 2.78. The fourth-order valence-electron chi connectivity index (χ4n) is 2.52. The number of aromatic hydroxyl groups is 1. The van der Waals surface area contributed by atoms with Crippen molar-refractivity contribution in [1.29, 1.82) is 0 Å². The first-order valence-electron chi connectivity index (χ1n) is 7.09. The Morgan fingerprint density at radius 1 is 1.35 bits per heavy atom. The molecule has 120 valence electrons. The number of fused-ring (bicyclic) bond motifs is 3. The van der Waals surface area contributed by atoms with Crippen LogP contribution in [0.4, 0.5) is 4.79 Å². The third-order valence-electron chi connectivity index (χ3n) is 3.41. The highest BCUT2D eigenvalue weighted by atomic mass is 16.7. The van der Waals surface area contributed by atoms with Crippen LogP contribution in [0.25, 0.3) is 21.8 Å². The number of ether oxygens (including phenoxy) is 3. The Morgan fingerprint density at radius 3 is 2.91 bits per heavy atom. The molecule has 0 aliphatic rings. The first kappa shape index (κ1) is 15.1. The van der Waals surface area contributed by atoms with Crippen molar-refractivity contribution in [3.63, 3.8) is 0 Å². The van der Waals surface area contributed by atoms with Gasteiger partial charge in [-0.1, -0.05) is 0 Å². The van der Waals surface area contributed by atoms with E-state index in [2.05, 4.69) is 9.97 Å². The van der Waals surface area contributed by atoms with Gasteiger partial charge in [0.25, 0.3) is 0 Å². The maximum absolute atomic E-state index is 11.6. The minimum atomic E-state index is -0.820. The number of methoxy groups -OCH3 is 1. The van der Waals surface area contributed by atoms with Crippen LogP contribution in [0.1, 0.15) is 12.5 Å². The molecule has 0 saturated carbocycles. The zero-order chi connectivity index (χ0) is 16.4. The van der Waals surface area contributed by atoms with E-state index in [0.29, 0.717) is 5.56 Å². The molecule has 0 bridgehead atoms. The van der Waals surface area contributed by atoms with Crippen LogP contribution in [0.3, 0.4) is 0 Å². The Labute approximate surface area is 131 Å². The predicted octanol–water partition coefficient (Wildman–Crippen LogP) is 3.10. The number of aromatic nitrogens is 2. The van der Waals surface area contributed by atoms with Gasteiger partial charge in [-0.3, -0.25) is 0 Å². The van der Waals surface area contributed by atoms with Crippen LogP contribution < -0.4 is 4.74 Å². The number of nitrogens with zero attached hydrogens (tertiary/aromatic N) is 1. The number of hydrogen-bond donors (Lipinski definition) is 2. The Hall–Kier alpha value is -2.80. The highest BCUT2D eigenvalue weighted by Gasteiger charge is 2.18. The van der Waals surface area contributed by atoms with E-state index in [1.807, 2.05) is 0 Å². The lowest BCUT2D eigenvalue weighted by Crippen LogP contribution is -2.12. The van der Waals surface area contributed by atoms with Crippen LogP contribution in [0.2, 0.25) is 0 Å². The minimum Gasteiger partial charge on any atom is -0.508 e. The van der Waals surface area contributed by atoms with E-state index in [4.69, 9.17) is 14.2 Å². The van der Waals surface area contributed by atoms with Crippen molar-refractivity contribution in [3.8, 4) is 11.6 Å². The van der Waals surface area contributed by atoms with Crippen molar-refractivity contribution < 1.29 is 24.1 Å². The molecule has 7 nitrogen and oxygen atoms in total. The second-order valence-electron chi connectivity index (χ2n) is 4.90. The first-order chi connectivity index (χ1) is 11.1. The lowest BCUT2D eigenvalue weighted by molar-refractivity contribution is 0.101. The molecule has 2 heterocycles. The maximum atomic E-state index is 11.6. The zero-order valence-electron chi connectivity index (χ0n) is 12.8. The molecule has 0 aliphatic carbocycles. The molecule has 0 amide bonds. The molecule has 0 aliphatic heterocycles. The average Bonchev–Trinajstić information content (AvgIpc) is 2.88. The number of aromatic amines is 1. The van der Waals surface area contributed by atoms with Crippen molar-refractivity contribution in [2.45, 2.75) is 13.5 Å². The number of hydrogen-bond acceptors (Lipinski definition) is 6. The topological polar surface area (TPSA) is 93.7 Å². The van der Waals surface area contributed by atoms with Gasteiger partial charge in [-0.15, -0.1) is 0 Å². The summed E-state index contributed by atoms with van der Waals surface area (Å²) in [5, 5.41) is 11.3. The fraction of sp³-hybridized carbons (Fsp3) is 0.250. The quantitative estimate of drug-likeness (QED) is 0.718. The van der Waals surface area contributed by atoms with Crippen molar-refractivity contribution in [1.82, 2.24) is 9.97 Å². The molecular weight excluding hydrogens is 300 g/mol. The fourth-order valence-corrected chi connectivity index (χ4v) is 2.52. The number of carbonyl (C=O) groups is 1. The van der Waals surface area contributed by atoms with Crippen LogP contribution in [0.15, 0.2) is 24.4 Å². The zero-order valence-corrected chi connectivity index (χ0v) is 12.8. The number of phenolic OH excluding ortho intramolecular Hbond substituents is 1. The van der Waals surface area contributed by atoms with Gasteiger partial charge in [0.15, 0.2) is 0 Å². The summed E-state index contributed by atoms with van der Waals surface area (Å²) in [6.45, 7) is 2.10. The molecule has 0 fully saturated rings. The van der Waals surface area contributed by atoms with E-state index in [9.17, 15) is 9.90 Å². The predicted molar refractivity (Wildman–Crippen MR) is 83.6 cm³/mol. The van der Waals surface area contributed by atoms with Crippen molar-refractivity contribution in [2.24, 2.45) is 0 Å². The second-order valence-corrected chi connectivity index (χ2v) is 4.90. The van der Waals surface area contributed by atoms with Gasteiger partial charge in [0.2, 0.25) is 5.88 Å². The summed E-state index contributed by atoms with van der Waals surface area (Å²) in [5.41, 5.74) is 2.20. The molecule has 0 saturated heterocycles. The maximum Gasteiger partial charge on any atom is 0.515 e. The SMILES string of the molecule is CCOC(=O)Oc1ncc2[nH]c3ccc(O)cc3c2c1COC. The van der Waals surface area contributed by atoms with E-state index in [0.717, 1.165) is 21.8 Å². The molecule has 2 N–H and O–H groups in total. The molecule has 1 aromatic carbocycles. The van der Waals surface area contributed by atoms with Gasteiger partial charge in [-0.25, -0.2) is 9.78 Å². The van der Waals surface area contributed by atoms with Crippen molar-refractivity contribution in [3.05, 3.63) is 30.0 Å². The first-order valence-corrected chi connectivity index (χ1v) is 7.09. The number of pyridine rings is 1. The highest BCUT2D eigenvalue weighted by molar-refractivity contribution is 6.09. The Balaban J connectivity index is 2.21. The van der Waals surface area contributed by atoms with Crippen LogP contribution in [0, 0.1) is 0 Å². The number of carbonyl (C=O) groups excluding carboxylic acids is 1. The van der Waals surface area contributed by atoms with Gasteiger partial charge in [-0.2, -0.15) is 0 Å². The lowest BCUT2D eigenvalue weighted by atomic mass is 10.1. The highest BCUT2D eigenvalue weighted by Crippen LogP contribution is 2.34. The molecule has 0 spiro atoms. The minimum absolute atomic E-state index is 0.127. The van der Waals surface area contributed by atoms with Gasteiger partial charge in [0.1, 0.15) is 5.75 Å². The summed E-state index contributed by atoms with van der Waals surface area (Å²) in [7, 11) is 1.54. The Morgan fingerprint density at radius 2 is 2.17 bits per heavy atom. The van der Waals surface area contributed by atoms with E-state index in [-0.39, 0.29) is 24.8 Å². The molecular formula is C16H16N2O5. The van der Waals surface area contributed by atoms with Crippen LogP contribution in [0.5, 0.6) is 11.6 Å². The van der Waals surface area contributed by atoms with Crippen LogP contribution in [-0.2, 0) is 16.1 Å². The van der Waals surface area contributed by atoms with E-state index in [1.165, 1.54) is 0 Å². The van der Waals surface area contributed by atoms with Gasteiger partial charge in [-0.05, 0) is 25.1 Å². The Kier molecular flexibility index (Phi) is 4.03. The van der Waals surface area contributed by atoms with Gasteiger partial charge >= 0.3 is 6.16 Å². The summed E-state index contributed by atoms with van der Waals surface area (Å²) >= 11 is 0. The second kappa shape index (κ2) is 6.13. The lowest BCUT2D eigenvalue weighted by Gasteiger charge is -2.09. The number of rotatable bonds is 4. The van der Waals surface area contributed by atoms with Crippen molar-refractivity contribution >= 4 is 28.0 Å². The van der Waals surface area contributed by atoms with E-state index in [1.54, 1.807) is 38.4 Å². The molecule has 2 aromatic heterocycles. The summed E-state index contributed by atoms with van der Waals surface area (Å²) in [4.78, 5) is 19.0. The number of benzene rings is 1. The number of phenols is 1. The molecule has 0 unspecified atom stereocenters. The smallest absolute Gasteiger partial charge is 0.508 e. The third-order valence-corrected chi connectivity index (χ3v) is 3.41. The van der Waals surface area contributed by atoms with E-state index < -0.39 is 6.16 Å². The molecule has 0 atom stereocenters. The summed E-state index contributed by atoms with van der Waals surface area (Å²) < 4.78 is 15.2. The summed E-state index contributed by atoms with van der Waals surface area (Å²) in [6, 6.07) is 5.01. The molecule has 0 radical (unpaired) electrons. The molecule has 3 aromatic rings. The number of H-pyrrole nitrogens is 1.